The van der Waals surface area contributed by atoms with Gasteiger partial charge in [-0.15, -0.1) is 23.2 Å². The van der Waals surface area contributed by atoms with Gasteiger partial charge in [0.1, 0.15) is 22.0 Å². The molecule has 0 N–H and O–H groups in total. The number of alkyl halides is 4. The number of amides is 3. The second-order valence-electron chi connectivity index (χ2n) is 9.07. The maximum Gasteiger partial charge on any atom is 0.274 e. The maximum absolute atomic E-state index is 13.9. The lowest BCUT2D eigenvalue weighted by Crippen LogP contribution is -2.56. The van der Waals surface area contributed by atoms with E-state index < -0.39 is 56.0 Å². The Bertz CT molecular complexity index is 1450. The Morgan fingerprint density at radius 2 is 1.46 bits per heavy atom. The lowest BCUT2D eigenvalue weighted by atomic mass is 9.84. The Balaban J connectivity index is 1.61. The third-order valence-corrected chi connectivity index (χ3v) is 11.7. The van der Waals surface area contributed by atoms with Crippen molar-refractivity contribution < 1.29 is 23.9 Å². The van der Waals surface area contributed by atoms with Crippen LogP contribution in [-0.2, 0) is 9.59 Å². The SMILES string of the molecule is COc1cccc(C(=O)CN(C(=O)c2ccccc2Cl)N2C(=O)[C@H]3[C@H](C2=O)[C@@]2(Cl)C(Cl)=C(Cl)[C@@]3(Cl)C2(Cl)Cl)c1. The fourth-order valence-corrected chi connectivity index (χ4v) is 8.39. The Labute approximate surface area is 257 Å². The van der Waals surface area contributed by atoms with Gasteiger partial charge in [0.15, 0.2) is 10.1 Å². The van der Waals surface area contributed by atoms with Gasteiger partial charge in [0.05, 0.1) is 39.6 Å². The summed E-state index contributed by atoms with van der Waals surface area (Å²) in [4.78, 5) is 50.8. The van der Waals surface area contributed by atoms with Gasteiger partial charge in [-0.1, -0.05) is 82.3 Å². The highest BCUT2D eigenvalue weighted by Crippen LogP contribution is 2.77. The first-order valence-corrected chi connectivity index (χ1v) is 13.8. The molecule has 39 heavy (non-hydrogen) atoms. The highest BCUT2D eigenvalue weighted by atomic mass is 35.5. The van der Waals surface area contributed by atoms with Crippen LogP contribution in [0.2, 0.25) is 5.02 Å². The molecule has 2 bridgehead atoms. The van der Waals surface area contributed by atoms with Gasteiger partial charge < -0.3 is 4.74 Å². The quantitative estimate of drug-likeness (QED) is 0.213. The normalized spacial score (nSPS) is 28.7. The number of methoxy groups -OCH3 is 1. The van der Waals surface area contributed by atoms with Gasteiger partial charge in [-0.3, -0.25) is 19.2 Å². The number of ether oxygens (including phenoxy) is 1. The average Bonchev–Trinajstić information content (AvgIpc) is 3.30. The van der Waals surface area contributed by atoms with Crippen molar-refractivity contribution in [3.8, 4) is 5.75 Å². The van der Waals surface area contributed by atoms with Crippen LogP contribution in [0.15, 0.2) is 58.6 Å². The van der Waals surface area contributed by atoms with E-state index in [9.17, 15) is 19.2 Å². The molecule has 0 radical (unpaired) electrons. The summed E-state index contributed by atoms with van der Waals surface area (Å²) in [5.41, 5.74) is 0.0826. The van der Waals surface area contributed by atoms with Gasteiger partial charge in [0.2, 0.25) is 0 Å². The number of ketones is 1. The molecular weight excluding hydrogens is 656 g/mol. The van der Waals surface area contributed by atoms with E-state index >= 15 is 0 Å². The number of fused-ring (bicyclic) bond motifs is 5. The summed E-state index contributed by atoms with van der Waals surface area (Å²) in [5.74, 6) is -6.12. The van der Waals surface area contributed by atoms with Gasteiger partial charge in [0.25, 0.3) is 17.7 Å². The van der Waals surface area contributed by atoms with Crippen LogP contribution in [0.3, 0.4) is 0 Å². The summed E-state index contributed by atoms with van der Waals surface area (Å²) in [6.07, 6.45) is 0. The third-order valence-electron chi connectivity index (χ3n) is 7.15. The van der Waals surface area contributed by atoms with E-state index in [1.165, 1.54) is 37.4 Å². The Morgan fingerprint density at radius 3 is 2.00 bits per heavy atom. The number of Topliss-reactive ketones (excluding diaryl/α,β-unsaturated/α-hetero) is 1. The van der Waals surface area contributed by atoms with Gasteiger partial charge in [-0.25, -0.2) is 5.01 Å². The molecule has 1 heterocycles. The number of rotatable bonds is 6. The largest absolute Gasteiger partial charge is 0.497 e. The summed E-state index contributed by atoms with van der Waals surface area (Å²) in [6.45, 7) is -0.736. The molecule has 204 valence electrons. The van der Waals surface area contributed by atoms with Crippen LogP contribution in [0, 0.1) is 11.8 Å². The predicted molar refractivity (Wildman–Crippen MR) is 149 cm³/mol. The van der Waals surface area contributed by atoms with Crippen molar-refractivity contribution in [2.24, 2.45) is 11.8 Å². The Morgan fingerprint density at radius 1 is 0.897 bits per heavy atom. The van der Waals surface area contributed by atoms with Crippen LogP contribution in [0.5, 0.6) is 5.75 Å². The van der Waals surface area contributed by atoms with Crippen molar-refractivity contribution in [3.05, 3.63) is 74.7 Å². The highest BCUT2D eigenvalue weighted by Gasteiger charge is 2.88. The molecule has 5 rings (SSSR count). The van der Waals surface area contributed by atoms with Gasteiger partial charge in [-0.2, -0.15) is 5.01 Å². The third kappa shape index (κ3) is 3.71. The van der Waals surface area contributed by atoms with E-state index in [0.717, 1.165) is 0 Å². The standard InChI is InChI=1S/C25H15Cl7N2O5/c1-39-12-6-4-5-11(9-12)15(35)10-33(20(36)13-7-2-3-8-14(13)26)34-21(37)16-17(22(34)38)24(30)19(28)18(27)23(16,29)25(24,31)32/h2-9,16-17H,10H2,1H3/t16-,17-,23-,24-/m1/s1. The Kier molecular flexibility index (Phi) is 7.16. The second-order valence-corrected chi connectivity index (χ2v) is 12.8. The number of hydrogen-bond donors (Lipinski definition) is 0. The van der Waals surface area contributed by atoms with Crippen molar-refractivity contribution in [2.75, 3.05) is 13.7 Å². The zero-order valence-electron chi connectivity index (χ0n) is 19.6. The molecule has 1 saturated heterocycles. The van der Waals surface area contributed by atoms with Crippen molar-refractivity contribution in [1.29, 1.82) is 0 Å². The van der Waals surface area contributed by atoms with E-state index in [4.69, 9.17) is 85.9 Å². The molecule has 0 spiro atoms. The number of hydrogen-bond acceptors (Lipinski definition) is 5. The van der Waals surface area contributed by atoms with E-state index in [2.05, 4.69) is 0 Å². The molecule has 3 aliphatic rings. The fourth-order valence-electron chi connectivity index (χ4n) is 5.25. The van der Waals surface area contributed by atoms with Crippen molar-refractivity contribution in [2.45, 2.75) is 14.1 Å². The number of carbonyl (C=O) groups excluding carboxylic acids is 4. The minimum Gasteiger partial charge on any atom is -0.497 e. The minimum absolute atomic E-state index is 0.0246. The summed E-state index contributed by atoms with van der Waals surface area (Å²) in [7, 11) is 1.42. The lowest BCUT2D eigenvalue weighted by Gasteiger charge is -2.36. The molecule has 4 atom stereocenters. The predicted octanol–water partition coefficient (Wildman–Crippen LogP) is 6.04. The van der Waals surface area contributed by atoms with E-state index in [0.29, 0.717) is 15.8 Å². The zero-order valence-corrected chi connectivity index (χ0v) is 24.9. The number of carbonyl (C=O) groups is 4. The van der Waals surface area contributed by atoms with Crippen LogP contribution in [0.25, 0.3) is 0 Å². The van der Waals surface area contributed by atoms with Gasteiger partial charge in [-0.05, 0) is 24.3 Å². The fraction of sp³-hybridized carbons (Fsp3) is 0.280. The molecule has 0 unspecified atom stereocenters. The van der Waals surface area contributed by atoms with Crippen molar-refractivity contribution >= 4 is 105 Å². The Hall–Kier alpha value is -1.71. The van der Waals surface area contributed by atoms with Crippen molar-refractivity contribution in [3.63, 3.8) is 0 Å². The first-order chi connectivity index (χ1) is 18.2. The summed E-state index contributed by atoms with van der Waals surface area (Å²) >= 11 is 45.6. The number of allylic oxidation sites excluding steroid dienone is 2. The van der Waals surface area contributed by atoms with Gasteiger partial charge in [0, 0.05) is 5.56 Å². The molecule has 0 aromatic heterocycles. The molecule has 2 fully saturated rings. The van der Waals surface area contributed by atoms with Crippen LogP contribution < -0.4 is 4.74 Å². The van der Waals surface area contributed by atoms with Crippen LogP contribution in [0.1, 0.15) is 20.7 Å². The summed E-state index contributed by atoms with van der Waals surface area (Å²) in [5, 5.41) is 0.670. The van der Waals surface area contributed by atoms with Crippen LogP contribution >= 0.6 is 81.2 Å². The highest BCUT2D eigenvalue weighted by molar-refractivity contribution is 6.66. The monoisotopic (exact) mass is 668 g/mol. The molecule has 7 nitrogen and oxygen atoms in total. The molecule has 2 aliphatic carbocycles. The topological polar surface area (TPSA) is 84.0 Å². The molecule has 14 heteroatoms. The molecule has 3 amide bonds. The molecule has 2 aromatic rings. The molecular formula is C25H15Cl7N2O5. The van der Waals surface area contributed by atoms with E-state index in [-0.39, 0.29) is 26.2 Å². The number of benzene rings is 2. The van der Waals surface area contributed by atoms with Crippen molar-refractivity contribution in [1.82, 2.24) is 10.0 Å². The lowest BCUT2D eigenvalue weighted by molar-refractivity contribution is -0.154. The summed E-state index contributed by atoms with van der Waals surface area (Å²) in [6, 6.07) is 12.1. The average molecular weight is 672 g/mol. The summed E-state index contributed by atoms with van der Waals surface area (Å²) < 4.78 is 3.01. The van der Waals surface area contributed by atoms with E-state index in [1.54, 1.807) is 18.2 Å². The van der Waals surface area contributed by atoms with Crippen LogP contribution in [-0.4, -0.2) is 61.3 Å². The number of nitrogens with zero attached hydrogens (tertiary/aromatic N) is 2. The number of halogens is 7. The minimum atomic E-state index is -2.15. The van der Waals surface area contributed by atoms with Crippen LogP contribution in [0.4, 0.5) is 0 Å². The number of hydrazine groups is 1. The smallest absolute Gasteiger partial charge is 0.274 e. The number of imide groups is 1. The zero-order chi connectivity index (χ0) is 28.7. The molecule has 2 aromatic carbocycles. The van der Waals surface area contributed by atoms with Gasteiger partial charge >= 0.3 is 0 Å². The molecule has 1 aliphatic heterocycles. The maximum atomic E-state index is 13.9. The second kappa shape index (κ2) is 9.69. The molecule has 1 saturated carbocycles. The van der Waals surface area contributed by atoms with E-state index in [1.807, 2.05) is 0 Å². The first kappa shape index (κ1) is 28.8. The first-order valence-electron chi connectivity index (χ1n) is 11.2.